The summed E-state index contributed by atoms with van der Waals surface area (Å²) >= 11 is 14.8. The summed E-state index contributed by atoms with van der Waals surface area (Å²) in [5.74, 6) is -3.69. The van der Waals surface area contributed by atoms with Gasteiger partial charge >= 0.3 is 0 Å². The number of piperazine rings is 2. The Labute approximate surface area is 583 Å². The standard InChI is InChI=1S/C75H73Cl2F2N15O6/c1-14-50(95)89-30-48-72(97)88(13)70-68(91(48)28-38(89)10)43-26-44(76)54(52-34(6)15-20-46-56(52)62(85-83-46)40-17-18-40)58(78)66(43)94(75(70)100)64-37(9)25-41(82-61(64)33(4)5)19-22-51(96)90-31-49-73(98)87(12)69-67(92(49)29-39(90)11)42-27-45(77)55(53-35(7)16-21-47-57(53)71(80)86-84-47)59(79)65(42)93(74(69)99)63-36(8)23-24-81-60(63)32(2)3/h14-16,19-27,32-33,38-40,48-49H,1,17-18,28-31H2,2-13H3,(H,83,85)(H3,80,84,86)/b22-19-. The minimum atomic E-state index is -1.06. The molecule has 10 heterocycles. The van der Waals surface area contributed by atoms with Gasteiger partial charge in [0, 0.05) is 102 Å². The highest BCUT2D eigenvalue weighted by atomic mass is 35.5. The molecule has 0 spiro atoms. The number of carbonyl (C=O) groups excluding carboxylic acids is 4. The largest absolute Gasteiger partial charge is 0.382 e. The Kier molecular flexibility index (Phi) is 15.6. The zero-order valence-corrected chi connectivity index (χ0v) is 58.8. The summed E-state index contributed by atoms with van der Waals surface area (Å²) < 4.78 is 40.5. The Balaban J connectivity index is 0.842. The molecular formula is C75H73Cl2F2N15O6. The highest BCUT2D eigenvalue weighted by molar-refractivity contribution is 6.36. The first kappa shape index (κ1) is 65.7. The molecule has 4 aromatic carbocycles. The molecule has 4 unspecified atom stereocenters. The highest BCUT2D eigenvalue weighted by Crippen LogP contribution is 2.52. The van der Waals surface area contributed by atoms with E-state index < -0.39 is 70.6 Å². The second-order valence-corrected chi connectivity index (χ2v) is 28.8. The van der Waals surface area contributed by atoms with Gasteiger partial charge in [0.15, 0.2) is 17.5 Å². The van der Waals surface area contributed by atoms with E-state index in [1.54, 1.807) is 69.1 Å². The van der Waals surface area contributed by atoms with Crippen molar-refractivity contribution in [1.82, 2.24) is 49.3 Å². The molecule has 100 heavy (non-hydrogen) atoms. The first-order valence-electron chi connectivity index (χ1n) is 33.6. The molecule has 4 N–H and O–H groups in total. The number of nitrogens with zero attached hydrogens (tertiary/aromatic N) is 12. The number of nitrogens with two attached hydrogens (primary N) is 1. The van der Waals surface area contributed by atoms with Crippen molar-refractivity contribution in [2.75, 3.05) is 65.6 Å². The van der Waals surface area contributed by atoms with Crippen molar-refractivity contribution < 1.29 is 28.0 Å². The molecule has 4 amide bonds. The van der Waals surface area contributed by atoms with Gasteiger partial charge in [-0.2, -0.15) is 10.2 Å². The van der Waals surface area contributed by atoms with Crippen LogP contribution in [0.3, 0.4) is 0 Å². The average molecular weight is 1390 g/mol. The van der Waals surface area contributed by atoms with E-state index in [1.807, 2.05) is 80.5 Å². The lowest BCUT2D eigenvalue weighted by molar-refractivity contribution is -0.132. The first-order chi connectivity index (χ1) is 47.6. The van der Waals surface area contributed by atoms with Crippen molar-refractivity contribution in [3.8, 4) is 33.6 Å². The number of aromatic nitrogens is 8. The van der Waals surface area contributed by atoms with Crippen LogP contribution in [0.25, 0.3) is 83.3 Å². The van der Waals surface area contributed by atoms with Crippen molar-refractivity contribution >= 4 is 125 Å². The molecule has 512 valence electrons. The SMILES string of the molecule is C=CC(=O)N1CC2C(=O)N(C)c3c(c4cc(Cl)c(-c5c(C)ccc6n[nH]c(C7CC7)c56)c(F)c4n(-c4c(C)cc(/C=C\C(=O)N5CC6C(=O)N(C)c7c(c8cc(Cl)c(-c9c(C)ccc%10[nH]nc(N)c9%10)c(F)c8n(-c8c(C)ccnc8C(C)C)c7=O)N6CC5C)nc4C(C)C)c3=O)N2CC1C. The van der Waals surface area contributed by atoms with Gasteiger partial charge in [-0.15, -0.1) is 0 Å². The summed E-state index contributed by atoms with van der Waals surface area (Å²) in [7, 11) is 3.01. The molecule has 10 aromatic rings. The molecule has 6 aromatic heterocycles. The quantitative estimate of drug-likeness (QED) is 0.108. The van der Waals surface area contributed by atoms with Crippen LogP contribution in [-0.4, -0.2) is 137 Å². The summed E-state index contributed by atoms with van der Waals surface area (Å²) in [6.07, 6.45) is 7.63. The highest BCUT2D eigenvalue weighted by Gasteiger charge is 2.49. The Bertz CT molecular complexity index is 5500. The minimum absolute atomic E-state index is 0.00147. The van der Waals surface area contributed by atoms with Gasteiger partial charge in [-0.1, -0.05) is 69.6 Å². The summed E-state index contributed by atoms with van der Waals surface area (Å²) in [5, 5.41) is 16.8. The van der Waals surface area contributed by atoms with Crippen LogP contribution in [0, 0.1) is 39.3 Å². The van der Waals surface area contributed by atoms with Gasteiger partial charge in [0.2, 0.25) is 11.8 Å². The van der Waals surface area contributed by atoms with E-state index in [4.69, 9.17) is 38.9 Å². The number of nitrogens with one attached hydrogen (secondary N) is 2. The number of nitrogen functional groups attached to an aromatic ring is 1. The van der Waals surface area contributed by atoms with Crippen LogP contribution in [-0.2, 0) is 19.2 Å². The number of pyridine rings is 4. The normalized spacial score (nSPS) is 18.6. The maximum absolute atomic E-state index is 19.1. The zero-order valence-electron chi connectivity index (χ0n) is 57.3. The van der Waals surface area contributed by atoms with Crippen molar-refractivity contribution in [3.63, 3.8) is 0 Å². The molecule has 15 rings (SSSR count). The Morgan fingerprint density at radius 2 is 1.15 bits per heavy atom. The van der Waals surface area contributed by atoms with E-state index in [1.165, 1.54) is 45.2 Å². The van der Waals surface area contributed by atoms with Crippen molar-refractivity contribution in [1.29, 1.82) is 0 Å². The molecule has 1 aliphatic carbocycles. The van der Waals surface area contributed by atoms with Crippen LogP contribution in [0.2, 0.25) is 10.0 Å². The molecule has 1 saturated carbocycles. The van der Waals surface area contributed by atoms with Gasteiger partial charge in [-0.25, -0.2) is 8.78 Å². The predicted molar refractivity (Wildman–Crippen MR) is 389 cm³/mol. The van der Waals surface area contributed by atoms with Crippen molar-refractivity contribution in [2.45, 2.75) is 124 Å². The third kappa shape index (κ3) is 9.64. The molecule has 25 heteroatoms. The van der Waals surface area contributed by atoms with Gasteiger partial charge in [0.1, 0.15) is 23.5 Å². The average Bonchev–Trinajstić information content (AvgIpc) is 0.797. The van der Waals surface area contributed by atoms with Crippen LogP contribution in [0.4, 0.5) is 37.3 Å². The fraction of sp³-hybridized carbons (Fsp3) is 0.333. The van der Waals surface area contributed by atoms with E-state index in [0.29, 0.717) is 72.7 Å². The van der Waals surface area contributed by atoms with E-state index in [-0.39, 0.29) is 115 Å². The number of H-pyrrole nitrogens is 2. The smallest absolute Gasteiger partial charge is 0.281 e. The monoisotopic (exact) mass is 1390 g/mol. The molecule has 2 saturated heterocycles. The number of amides is 4. The Hall–Kier alpha value is -10.3. The first-order valence-corrected chi connectivity index (χ1v) is 34.3. The zero-order chi connectivity index (χ0) is 71.0. The van der Waals surface area contributed by atoms with Crippen LogP contribution in [0.15, 0.2) is 83.0 Å². The number of likely N-dealkylation sites (N-methyl/N-ethyl adjacent to an activating group) is 2. The number of rotatable bonds is 10. The molecule has 4 aliphatic heterocycles. The lowest BCUT2D eigenvalue weighted by Gasteiger charge is -2.50. The van der Waals surface area contributed by atoms with Gasteiger partial charge in [0.05, 0.1) is 90.4 Å². The predicted octanol–water partition coefficient (Wildman–Crippen LogP) is 12.4. The van der Waals surface area contributed by atoms with Gasteiger partial charge < -0.3 is 35.1 Å². The number of aromatic amines is 2. The van der Waals surface area contributed by atoms with Crippen LogP contribution in [0.1, 0.15) is 117 Å². The van der Waals surface area contributed by atoms with Crippen LogP contribution >= 0.6 is 23.2 Å². The van der Waals surface area contributed by atoms with Gasteiger partial charge in [-0.3, -0.25) is 58.1 Å². The fourth-order valence-electron chi connectivity index (χ4n) is 16.1. The number of benzene rings is 4. The fourth-order valence-corrected chi connectivity index (χ4v) is 16.6. The van der Waals surface area contributed by atoms with E-state index in [2.05, 4.69) is 27.0 Å². The molecule has 4 atom stereocenters. The van der Waals surface area contributed by atoms with Crippen LogP contribution in [0.5, 0.6) is 0 Å². The second kappa shape index (κ2) is 23.7. The number of hydrogen-bond acceptors (Lipinski definition) is 13. The molecule has 3 fully saturated rings. The minimum Gasteiger partial charge on any atom is -0.382 e. The Morgan fingerprint density at radius 1 is 0.630 bits per heavy atom. The maximum atomic E-state index is 19.1. The number of hydrogen-bond donors (Lipinski definition) is 3. The second-order valence-electron chi connectivity index (χ2n) is 28.0. The van der Waals surface area contributed by atoms with E-state index >= 15 is 23.2 Å². The summed E-state index contributed by atoms with van der Waals surface area (Å²) in [6, 6.07) is 11.0. The number of aryl methyl sites for hydroxylation is 4. The number of carbonyl (C=O) groups is 4. The number of fused-ring (bicyclic) bond motifs is 12. The van der Waals surface area contributed by atoms with Gasteiger partial charge in [-0.05, 0) is 137 Å². The van der Waals surface area contributed by atoms with Gasteiger partial charge in [0.25, 0.3) is 22.9 Å². The van der Waals surface area contributed by atoms with Crippen molar-refractivity contribution in [2.24, 2.45) is 0 Å². The van der Waals surface area contributed by atoms with E-state index in [0.717, 1.165) is 29.5 Å². The summed E-state index contributed by atoms with van der Waals surface area (Å²) in [6.45, 7) is 22.3. The molecule has 5 aliphatic rings. The lowest BCUT2D eigenvalue weighted by atomic mass is 9.91. The van der Waals surface area contributed by atoms with Crippen LogP contribution < -0.4 is 36.5 Å². The lowest BCUT2D eigenvalue weighted by Crippen LogP contribution is -2.66. The summed E-state index contributed by atoms with van der Waals surface area (Å²) in [4.78, 5) is 109. The molecule has 21 nitrogen and oxygen atoms in total. The maximum Gasteiger partial charge on any atom is 0.281 e. The summed E-state index contributed by atoms with van der Waals surface area (Å²) in [5.41, 5.74) is 12.8. The topological polar surface area (TPSA) is 241 Å². The molecule has 0 radical (unpaired) electrons. The van der Waals surface area contributed by atoms with E-state index in [9.17, 15) is 14.4 Å². The Morgan fingerprint density at radius 3 is 1.68 bits per heavy atom. The number of halogens is 4. The third-order valence-corrected chi connectivity index (χ3v) is 21.6. The molecule has 0 bridgehead atoms. The third-order valence-electron chi connectivity index (χ3n) is 21.0. The number of anilines is 5. The molecular weight excluding hydrogens is 1320 g/mol. The van der Waals surface area contributed by atoms with Crippen molar-refractivity contribution in [3.05, 3.63) is 161 Å².